The van der Waals surface area contributed by atoms with Crippen LogP contribution in [0.15, 0.2) is 47.4 Å². The number of hydrogen-bond donors (Lipinski definition) is 2. The van der Waals surface area contributed by atoms with E-state index in [1.165, 1.54) is 23.5 Å². The van der Waals surface area contributed by atoms with Gasteiger partial charge < -0.3 is 5.32 Å². The van der Waals surface area contributed by atoms with Gasteiger partial charge in [-0.25, -0.2) is 13.4 Å². The van der Waals surface area contributed by atoms with E-state index in [9.17, 15) is 13.2 Å². The lowest BCUT2D eigenvalue weighted by molar-refractivity contribution is 0.103. The van der Waals surface area contributed by atoms with E-state index in [0.717, 1.165) is 22.6 Å². The highest BCUT2D eigenvalue weighted by Crippen LogP contribution is 2.25. The first-order valence-corrected chi connectivity index (χ1v) is 11.5. The normalized spacial score (nSPS) is 11.3. The Morgan fingerprint density at radius 3 is 2.21 bits per heavy atom. The molecule has 2 N–H and O–H groups in total. The molecule has 0 bridgehead atoms. The first kappa shape index (κ1) is 21.0. The Morgan fingerprint density at radius 2 is 1.66 bits per heavy atom. The van der Waals surface area contributed by atoms with Crippen LogP contribution < -0.4 is 10.0 Å². The maximum Gasteiger partial charge on any atom is 0.267 e. The van der Waals surface area contributed by atoms with E-state index in [4.69, 9.17) is 0 Å². The van der Waals surface area contributed by atoms with Crippen LogP contribution in [-0.4, -0.2) is 19.3 Å². The van der Waals surface area contributed by atoms with Gasteiger partial charge in [0.05, 0.1) is 21.3 Å². The van der Waals surface area contributed by atoms with E-state index in [1.807, 2.05) is 39.0 Å². The van der Waals surface area contributed by atoms with Crippen LogP contribution in [-0.2, 0) is 16.4 Å². The molecule has 29 heavy (non-hydrogen) atoms. The molecule has 6 nitrogen and oxygen atoms in total. The SMILES string of the molecule is CCc1nc(C)c(C(=O)Nc2ccc(S(=O)(=O)Nc3c(C)cccc3C)cc2)s1. The van der Waals surface area contributed by atoms with Crippen molar-refractivity contribution in [1.82, 2.24) is 4.98 Å². The lowest BCUT2D eigenvalue weighted by Gasteiger charge is -2.13. The second-order valence-corrected chi connectivity index (χ2v) is 9.49. The molecule has 0 fully saturated rings. The zero-order valence-corrected chi connectivity index (χ0v) is 18.4. The molecule has 0 spiro atoms. The van der Waals surface area contributed by atoms with Crippen molar-refractivity contribution in [2.45, 2.75) is 39.0 Å². The Bertz CT molecular complexity index is 1130. The quantitative estimate of drug-likeness (QED) is 0.595. The number of amides is 1. The third-order valence-corrected chi connectivity index (χ3v) is 7.16. The topological polar surface area (TPSA) is 88.2 Å². The van der Waals surface area contributed by atoms with Gasteiger partial charge in [0.15, 0.2) is 0 Å². The number of sulfonamides is 1. The molecule has 2 aromatic carbocycles. The number of nitrogens with zero attached hydrogens (tertiary/aromatic N) is 1. The van der Waals surface area contributed by atoms with Crippen LogP contribution >= 0.6 is 11.3 Å². The number of hydrogen-bond acceptors (Lipinski definition) is 5. The molecule has 1 aromatic heterocycles. The van der Waals surface area contributed by atoms with E-state index in [2.05, 4.69) is 15.0 Å². The summed E-state index contributed by atoms with van der Waals surface area (Å²) in [5.41, 5.74) is 3.50. The average Bonchev–Trinajstić information content (AvgIpc) is 3.06. The molecule has 0 unspecified atom stereocenters. The van der Waals surface area contributed by atoms with Crippen molar-refractivity contribution < 1.29 is 13.2 Å². The molecule has 3 aromatic rings. The number of nitrogens with one attached hydrogen (secondary N) is 2. The number of rotatable bonds is 6. The number of carbonyl (C=O) groups excluding carboxylic acids is 1. The Morgan fingerprint density at radius 1 is 1.03 bits per heavy atom. The summed E-state index contributed by atoms with van der Waals surface area (Å²) >= 11 is 1.37. The minimum atomic E-state index is -3.73. The van der Waals surface area contributed by atoms with Crippen molar-refractivity contribution in [2.75, 3.05) is 10.0 Å². The molecular weight excluding hydrogens is 406 g/mol. The molecular formula is C21H23N3O3S2. The highest BCUT2D eigenvalue weighted by molar-refractivity contribution is 7.92. The van der Waals surface area contributed by atoms with Crippen molar-refractivity contribution in [3.63, 3.8) is 0 Å². The number of thiazole rings is 1. The van der Waals surface area contributed by atoms with E-state index >= 15 is 0 Å². The summed E-state index contributed by atoms with van der Waals surface area (Å²) in [6.07, 6.45) is 0.776. The third kappa shape index (κ3) is 4.65. The van der Waals surface area contributed by atoms with Gasteiger partial charge in [0, 0.05) is 5.69 Å². The summed E-state index contributed by atoms with van der Waals surface area (Å²) in [6.45, 7) is 7.51. The van der Waals surface area contributed by atoms with Crippen molar-refractivity contribution in [2.24, 2.45) is 0 Å². The van der Waals surface area contributed by atoms with Gasteiger partial charge in [-0.15, -0.1) is 11.3 Å². The lowest BCUT2D eigenvalue weighted by Crippen LogP contribution is -2.15. The van der Waals surface area contributed by atoms with Crippen molar-refractivity contribution >= 4 is 38.6 Å². The largest absolute Gasteiger partial charge is 0.321 e. The zero-order valence-electron chi connectivity index (χ0n) is 16.7. The second-order valence-electron chi connectivity index (χ2n) is 6.73. The van der Waals surface area contributed by atoms with E-state index in [1.54, 1.807) is 19.1 Å². The highest BCUT2D eigenvalue weighted by atomic mass is 32.2. The van der Waals surface area contributed by atoms with E-state index < -0.39 is 10.0 Å². The van der Waals surface area contributed by atoms with Gasteiger partial charge in [-0.05, 0) is 62.6 Å². The Balaban J connectivity index is 1.77. The predicted octanol–water partition coefficient (Wildman–Crippen LogP) is 4.68. The van der Waals surface area contributed by atoms with Gasteiger partial charge in [0.25, 0.3) is 15.9 Å². The van der Waals surface area contributed by atoms with Crippen molar-refractivity contribution in [1.29, 1.82) is 0 Å². The smallest absolute Gasteiger partial charge is 0.267 e. The van der Waals surface area contributed by atoms with Crippen LogP contribution in [0.3, 0.4) is 0 Å². The third-order valence-electron chi connectivity index (χ3n) is 4.49. The number of aromatic nitrogens is 1. The summed E-state index contributed by atoms with van der Waals surface area (Å²) in [7, 11) is -3.73. The molecule has 3 rings (SSSR count). The molecule has 1 heterocycles. The van der Waals surface area contributed by atoms with Gasteiger partial charge >= 0.3 is 0 Å². The standard InChI is InChI=1S/C21H23N3O3S2/c1-5-18-22-15(4)20(28-18)21(25)23-16-9-11-17(12-10-16)29(26,27)24-19-13(2)7-6-8-14(19)3/h6-12,24H,5H2,1-4H3,(H,23,25). The second kappa shape index (κ2) is 8.34. The van der Waals surface area contributed by atoms with Crippen LogP contribution in [0.4, 0.5) is 11.4 Å². The first-order chi connectivity index (χ1) is 13.7. The van der Waals surface area contributed by atoms with Crippen LogP contribution in [0.5, 0.6) is 0 Å². The van der Waals surface area contributed by atoms with Crippen molar-refractivity contribution in [3.05, 3.63) is 69.2 Å². The summed E-state index contributed by atoms with van der Waals surface area (Å²) < 4.78 is 28.1. The maximum absolute atomic E-state index is 12.7. The van der Waals surface area contributed by atoms with E-state index in [-0.39, 0.29) is 10.8 Å². The number of aryl methyl sites for hydroxylation is 4. The minimum Gasteiger partial charge on any atom is -0.321 e. The lowest BCUT2D eigenvalue weighted by atomic mass is 10.1. The van der Waals surface area contributed by atoms with Gasteiger partial charge in [-0.1, -0.05) is 25.1 Å². The summed E-state index contributed by atoms with van der Waals surface area (Å²) in [6, 6.07) is 11.7. The van der Waals surface area contributed by atoms with Crippen LogP contribution in [0.2, 0.25) is 0 Å². The fourth-order valence-electron chi connectivity index (χ4n) is 2.89. The van der Waals surface area contributed by atoms with Crippen LogP contribution in [0.25, 0.3) is 0 Å². The van der Waals surface area contributed by atoms with Gasteiger partial charge in [-0.2, -0.15) is 0 Å². The van der Waals surface area contributed by atoms with Gasteiger partial charge in [-0.3, -0.25) is 9.52 Å². The Kier molecular flexibility index (Phi) is 6.04. The first-order valence-electron chi connectivity index (χ1n) is 9.18. The van der Waals surface area contributed by atoms with Gasteiger partial charge in [0.1, 0.15) is 4.88 Å². The van der Waals surface area contributed by atoms with Crippen molar-refractivity contribution in [3.8, 4) is 0 Å². The molecule has 0 saturated carbocycles. The molecule has 0 aliphatic heterocycles. The summed E-state index contributed by atoms with van der Waals surface area (Å²) in [5, 5.41) is 3.71. The highest BCUT2D eigenvalue weighted by Gasteiger charge is 2.18. The number of anilines is 2. The number of carbonyl (C=O) groups is 1. The van der Waals surface area contributed by atoms with E-state index in [0.29, 0.717) is 21.9 Å². The Labute approximate surface area is 175 Å². The number of benzene rings is 2. The molecule has 0 aliphatic carbocycles. The molecule has 1 amide bonds. The van der Waals surface area contributed by atoms with Gasteiger partial charge in [0.2, 0.25) is 0 Å². The van der Waals surface area contributed by atoms with Crippen LogP contribution in [0, 0.1) is 20.8 Å². The zero-order chi connectivity index (χ0) is 21.2. The molecule has 0 atom stereocenters. The monoisotopic (exact) mass is 429 g/mol. The fourth-order valence-corrected chi connectivity index (χ4v) is 4.99. The molecule has 0 saturated heterocycles. The maximum atomic E-state index is 12.7. The average molecular weight is 430 g/mol. The summed E-state index contributed by atoms with van der Waals surface area (Å²) in [4.78, 5) is 17.5. The molecule has 8 heteroatoms. The fraction of sp³-hybridized carbons (Fsp3) is 0.238. The molecule has 0 aliphatic rings. The molecule has 0 radical (unpaired) electrons. The molecule has 152 valence electrons. The Hall–Kier alpha value is -2.71. The number of para-hydroxylation sites is 1. The summed E-state index contributed by atoms with van der Waals surface area (Å²) in [5.74, 6) is -0.246. The van der Waals surface area contributed by atoms with Crippen LogP contribution in [0.1, 0.15) is 38.4 Å². The minimum absolute atomic E-state index is 0.125. The predicted molar refractivity (Wildman–Crippen MR) is 117 cm³/mol.